The maximum Gasteiger partial charge on any atom is 0.235 e. The molecule has 2 aromatic rings. The number of rotatable bonds is 5. The third kappa shape index (κ3) is 4.46. The van der Waals surface area contributed by atoms with E-state index in [4.69, 9.17) is 0 Å². The Morgan fingerprint density at radius 3 is 2.40 bits per heavy atom. The molecule has 2 aromatic carbocycles. The fourth-order valence-electron chi connectivity index (χ4n) is 4.32. The van der Waals surface area contributed by atoms with E-state index >= 15 is 0 Å². The lowest BCUT2D eigenvalue weighted by Crippen LogP contribution is -2.48. The predicted octanol–water partition coefficient (Wildman–Crippen LogP) is 2.68. The minimum absolute atomic E-state index is 0.116. The van der Waals surface area contributed by atoms with Gasteiger partial charge in [0.15, 0.2) is 0 Å². The summed E-state index contributed by atoms with van der Waals surface area (Å²) in [6, 6.07) is 15.9. The van der Waals surface area contributed by atoms with Crippen molar-refractivity contribution in [3.05, 3.63) is 59.7 Å². The maximum absolute atomic E-state index is 13.1. The highest BCUT2D eigenvalue weighted by atomic mass is 32.2. The van der Waals surface area contributed by atoms with Gasteiger partial charge in [-0.05, 0) is 48.6 Å². The van der Waals surface area contributed by atoms with Gasteiger partial charge >= 0.3 is 0 Å². The van der Waals surface area contributed by atoms with E-state index in [2.05, 4.69) is 11.0 Å². The van der Waals surface area contributed by atoms with Gasteiger partial charge in [-0.25, -0.2) is 8.42 Å². The zero-order valence-electron chi connectivity index (χ0n) is 17.5. The molecule has 4 rings (SSSR count). The molecular weight excluding hydrogens is 398 g/mol. The Kier molecular flexibility index (Phi) is 5.99. The van der Waals surface area contributed by atoms with Crippen LogP contribution < -0.4 is 9.21 Å². The smallest absolute Gasteiger partial charge is 0.235 e. The number of nitrogens with zero attached hydrogens (tertiary/aromatic N) is 3. The molecule has 2 heterocycles. The van der Waals surface area contributed by atoms with Crippen LogP contribution in [0.3, 0.4) is 0 Å². The van der Waals surface area contributed by atoms with Gasteiger partial charge in [-0.2, -0.15) is 0 Å². The average Bonchev–Trinajstić information content (AvgIpc) is 2.77. The molecule has 1 saturated heterocycles. The Labute approximate surface area is 179 Å². The maximum atomic E-state index is 13.1. The summed E-state index contributed by atoms with van der Waals surface area (Å²) in [5, 5.41) is 0. The molecule has 160 valence electrons. The van der Waals surface area contributed by atoms with Crippen LogP contribution in [0.2, 0.25) is 0 Å². The molecule has 2 aliphatic rings. The number of amides is 1. The fourth-order valence-corrected chi connectivity index (χ4v) is 5.92. The predicted molar refractivity (Wildman–Crippen MR) is 121 cm³/mol. The summed E-state index contributed by atoms with van der Waals surface area (Å²) in [5.74, 6) is 0.238. The Morgan fingerprint density at radius 2 is 1.70 bits per heavy atom. The number of carbonyl (C=O) groups is 1. The fraction of sp³-hybridized carbons (Fsp3) is 0.435. The van der Waals surface area contributed by atoms with Gasteiger partial charge in [-0.15, -0.1) is 0 Å². The van der Waals surface area contributed by atoms with Crippen molar-refractivity contribution in [2.75, 3.05) is 47.7 Å². The summed E-state index contributed by atoms with van der Waals surface area (Å²) >= 11 is 0. The van der Waals surface area contributed by atoms with Crippen LogP contribution in [0, 0.1) is 0 Å². The summed E-state index contributed by atoms with van der Waals surface area (Å²) in [6.07, 6.45) is 2.24. The van der Waals surface area contributed by atoms with E-state index in [0.717, 1.165) is 61.5 Å². The summed E-state index contributed by atoms with van der Waals surface area (Å²) in [4.78, 5) is 15.7. The van der Waals surface area contributed by atoms with Crippen molar-refractivity contribution in [3.8, 4) is 0 Å². The van der Waals surface area contributed by atoms with Gasteiger partial charge in [0.05, 0.1) is 11.4 Å². The van der Waals surface area contributed by atoms with Crippen LogP contribution in [0.1, 0.15) is 24.5 Å². The van der Waals surface area contributed by atoms with E-state index in [9.17, 15) is 13.2 Å². The summed E-state index contributed by atoms with van der Waals surface area (Å²) in [7, 11) is -3.37. The molecule has 0 bridgehead atoms. The molecule has 0 aromatic heterocycles. The molecule has 0 aliphatic carbocycles. The molecule has 1 fully saturated rings. The number of hydrogen-bond donors (Lipinski definition) is 0. The molecule has 2 aliphatic heterocycles. The van der Waals surface area contributed by atoms with Crippen LogP contribution in [-0.2, 0) is 27.7 Å². The molecule has 0 atom stereocenters. The SMILES string of the molecule is CC(=O)N1CCN(c2ccc3c(c2)CCCN3S(=O)(=O)CCc2ccccc2)CC1. The lowest BCUT2D eigenvalue weighted by Gasteiger charge is -2.37. The van der Waals surface area contributed by atoms with Crippen LogP contribution in [0.15, 0.2) is 48.5 Å². The number of hydrogen-bond acceptors (Lipinski definition) is 4. The lowest BCUT2D eigenvalue weighted by atomic mass is 10.0. The first-order valence-electron chi connectivity index (χ1n) is 10.6. The van der Waals surface area contributed by atoms with Crippen molar-refractivity contribution in [2.45, 2.75) is 26.2 Å². The van der Waals surface area contributed by atoms with E-state index in [0.29, 0.717) is 13.0 Å². The summed E-state index contributed by atoms with van der Waals surface area (Å²) in [5.41, 5.74) is 4.07. The second-order valence-electron chi connectivity index (χ2n) is 8.03. The lowest BCUT2D eigenvalue weighted by molar-refractivity contribution is -0.129. The Balaban J connectivity index is 1.48. The zero-order valence-corrected chi connectivity index (χ0v) is 18.3. The Bertz CT molecular complexity index is 1000. The van der Waals surface area contributed by atoms with Gasteiger partial charge in [0.25, 0.3) is 0 Å². The number of benzene rings is 2. The summed E-state index contributed by atoms with van der Waals surface area (Å²) < 4.78 is 27.8. The highest BCUT2D eigenvalue weighted by Gasteiger charge is 2.28. The molecule has 0 unspecified atom stereocenters. The normalized spacial score (nSPS) is 17.0. The van der Waals surface area contributed by atoms with Crippen LogP contribution in [0.5, 0.6) is 0 Å². The van der Waals surface area contributed by atoms with Crippen LogP contribution >= 0.6 is 0 Å². The number of sulfonamides is 1. The zero-order chi connectivity index (χ0) is 21.1. The van der Waals surface area contributed by atoms with Gasteiger partial charge < -0.3 is 9.80 Å². The topological polar surface area (TPSA) is 60.9 Å². The van der Waals surface area contributed by atoms with E-state index < -0.39 is 10.0 Å². The second-order valence-corrected chi connectivity index (χ2v) is 10.0. The van der Waals surface area contributed by atoms with Gasteiger partial charge in [-0.1, -0.05) is 30.3 Å². The van der Waals surface area contributed by atoms with E-state index in [1.54, 1.807) is 11.2 Å². The second kappa shape index (κ2) is 8.68. The molecule has 0 spiro atoms. The van der Waals surface area contributed by atoms with Crippen molar-refractivity contribution >= 4 is 27.3 Å². The molecule has 6 nitrogen and oxygen atoms in total. The highest BCUT2D eigenvalue weighted by Crippen LogP contribution is 2.33. The van der Waals surface area contributed by atoms with Gasteiger partial charge in [0, 0.05) is 45.3 Å². The molecule has 30 heavy (non-hydrogen) atoms. The van der Waals surface area contributed by atoms with E-state index in [1.165, 1.54) is 0 Å². The third-order valence-corrected chi connectivity index (χ3v) is 7.83. The van der Waals surface area contributed by atoms with E-state index in [1.807, 2.05) is 47.4 Å². The highest BCUT2D eigenvalue weighted by molar-refractivity contribution is 7.92. The third-order valence-electron chi connectivity index (χ3n) is 6.06. The van der Waals surface area contributed by atoms with Crippen molar-refractivity contribution < 1.29 is 13.2 Å². The first kappa shape index (κ1) is 20.7. The van der Waals surface area contributed by atoms with Gasteiger partial charge in [0.1, 0.15) is 0 Å². The van der Waals surface area contributed by atoms with Crippen molar-refractivity contribution in [2.24, 2.45) is 0 Å². The van der Waals surface area contributed by atoms with E-state index in [-0.39, 0.29) is 11.7 Å². The van der Waals surface area contributed by atoms with Crippen molar-refractivity contribution in [1.82, 2.24) is 4.90 Å². The van der Waals surface area contributed by atoms with Crippen LogP contribution in [0.25, 0.3) is 0 Å². The Hall–Kier alpha value is -2.54. The monoisotopic (exact) mass is 427 g/mol. The minimum Gasteiger partial charge on any atom is -0.368 e. The quantitative estimate of drug-likeness (QED) is 0.736. The number of aryl methyl sites for hydroxylation is 2. The first-order chi connectivity index (χ1) is 14.4. The van der Waals surface area contributed by atoms with Crippen LogP contribution in [0.4, 0.5) is 11.4 Å². The van der Waals surface area contributed by atoms with Crippen LogP contribution in [-0.4, -0.2) is 57.7 Å². The van der Waals surface area contributed by atoms with Crippen molar-refractivity contribution in [3.63, 3.8) is 0 Å². The number of anilines is 2. The minimum atomic E-state index is -3.37. The van der Waals surface area contributed by atoms with Gasteiger partial charge in [0.2, 0.25) is 15.9 Å². The Morgan fingerprint density at radius 1 is 0.967 bits per heavy atom. The number of carbonyl (C=O) groups excluding carboxylic acids is 1. The molecule has 0 radical (unpaired) electrons. The molecule has 0 saturated carbocycles. The molecule has 0 N–H and O–H groups in total. The molecule has 1 amide bonds. The molecule has 7 heteroatoms. The average molecular weight is 428 g/mol. The first-order valence-corrected chi connectivity index (χ1v) is 12.2. The number of fused-ring (bicyclic) bond motifs is 1. The standard InChI is InChI=1S/C23H29N3O3S/c1-19(27)24-13-15-25(16-14-24)22-9-10-23-21(18-22)8-5-12-26(23)30(28,29)17-11-20-6-3-2-4-7-20/h2-4,6-7,9-10,18H,5,8,11-17H2,1H3. The largest absolute Gasteiger partial charge is 0.368 e. The summed E-state index contributed by atoms with van der Waals surface area (Å²) in [6.45, 7) is 5.22. The molecular formula is C23H29N3O3S. The van der Waals surface area contributed by atoms with Crippen molar-refractivity contribution in [1.29, 1.82) is 0 Å². The number of piperazine rings is 1. The van der Waals surface area contributed by atoms with Gasteiger partial charge in [-0.3, -0.25) is 9.10 Å².